The number of rotatable bonds is 1. The molecule has 0 amide bonds. The Bertz CT molecular complexity index is 239. The molecule has 0 aromatic rings. The number of hydrogen-bond donors (Lipinski definition) is 1. The molecule has 1 N–H and O–H groups in total. The van der Waals surface area contributed by atoms with Gasteiger partial charge in [-0.25, -0.2) is 0 Å². The van der Waals surface area contributed by atoms with Gasteiger partial charge in [0.1, 0.15) is 0 Å². The lowest BCUT2D eigenvalue weighted by Gasteiger charge is -2.31. The van der Waals surface area contributed by atoms with E-state index in [9.17, 15) is 4.21 Å². The summed E-state index contributed by atoms with van der Waals surface area (Å²) in [5.74, 6) is 2.84. The van der Waals surface area contributed by atoms with Crippen LogP contribution in [0.1, 0.15) is 25.7 Å². The van der Waals surface area contributed by atoms with Gasteiger partial charge in [0.2, 0.25) is 0 Å². The molecule has 0 bridgehead atoms. The van der Waals surface area contributed by atoms with Crippen molar-refractivity contribution in [1.29, 1.82) is 5.41 Å². The summed E-state index contributed by atoms with van der Waals surface area (Å²) in [4.78, 5) is 2.14. The third kappa shape index (κ3) is 2.16. The SMILES string of the molecule is N=C(C1CCCC1)N1CCS(=O)CC1. The molecule has 2 aliphatic rings. The average molecular weight is 214 g/mol. The third-order valence-electron chi connectivity index (χ3n) is 3.26. The van der Waals surface area contributed by atoms with Crippen LogP contribution in [0.4, 0.5) is 0 Å². The topological polar surface area (TPSA) is 44.2 Å². The summed E-state index contributed by atoms with van der Waals surface area (Å²) in [6, 6.07) is 0. The van der Waals surface area contributed by atoms with Crippen LogP contribution in [0.15, 0.2) is 0 Å². The van der Waals surface area contributed by atoms with Gasteiger partial charge in [0.15, 0.2) is 0 Å². The Morgan fingerprint density at radius 3 is 2.36 bits per heavy atom. The highest BCUT2D eigenvalue weighted by atomic mass is 32.2. The second kappa shape index (κ2) is 4.43. The zero-order chi connectivity index (χ0) is 9.97. The summed E-state index contributed by atoms with van der Waals surface area (Å²) in [6.07, 6.45) is 4.95. The molecule has 1 heterocycles. The molecular formula is C10H18N2OS. The fourth-order valence-electron chi connectivity index (χ4n) is 2.34. The maximum absolute atomic E-state index is 11.2. The monoisotopic (exact) mass is 214 g/mol. The lowest BCUT2D eigenvalue weighted by molar-refractivity contribution is 0.420. The van der Waals surface area contributed by atoms with Crippen LogP contribution >= 0.6 is 0 Å². The molecule has 14 heavy (non-hydrogen) atoms. The van der Waals surface area contributed by atoms with Crippen molar-refractivity contribution >= 4 is 16.6 Å². The van der Waals surface area contributed by atoms with Gasteiger partial charge in [0.05, 0.1) is 5.84 Å². The Kier molecular flexibility index (Phi) is 3.21. The van der Waals surface area contributed by atoms with Crippen LogP contribution in [0.2, 0.25) is 0 Å². The van der Waals surface area contributed by atoms with E-state index in [-0.39, 0.29) is 0 Å². The molecule has 1 saturated carbocycles. The van der Waals surface area contributed by atoms with Gasteiger partial charge in [-0.15, -0.1) is 0 Å². The second-order valence-corrected chi connectivity index (χ2v) is 5.90. The molecule has 1 aliphatic heterocycles. The molecular weight excluding hydrogens is 196 g/mol. The van der Waals surface area contributed by atoms with Crippen LogP contribution in [0.5, 0.6) is 0 Å². The zero-order valence-corrected chi connectivity index (χ0v) is 9.31. The van der Waals surface area contributed by atoms with E-state index in [1.165, 1.54) is 25.7 Å². The van der Waals surface area contributed by atoms with Crippen LogP contribution in [0, 0.1) is 11.3 Å². The highest BCUT2D eigenvalue weighted by Gasteiger charge is 2.25. The highest BCUT2D eigenvalue weighted by Crippen LogP contribution is 2.27. The van der Waals surface area contributed by atoms with Gasteiger partial charge in [-0.3, -0.25) is 9.62 Å². The van der Waals surface area contributed by atoms with Gasteiger partial charge < -0.3 is 4.90 Å². The van der Waals surface area contributed by atoms with Gasteiger partial charge >= 0.3 is 0 Å². The van der Waals surface area contributed by atoms with Gasteiger partial charge in [-0.2, -0.15) is 0 Å². The zero-order valence-electron chi connectivity index (χ0n) is 8.50. The summed E-state index contributed by atoms with van der Waals surface area (Å²) in [7, 11) is -0.617. The molecule has 2 rings (SSSR count). The number of hydrogen-bond acceptors (Lipinski definition) is 2. The Morgan fingerprint density at radius 2 is 1.79 bits per heavy atom. The molecule has 0 unspecified atom stereocenters. The third-order valence-corrected chi connectivity index (χ3v) is 4.54. The molecule has 1 saturated heterocycles. The normalized spacial score (nSPS) is 25.6. The van der Waals surface area contributed by atoms with Gasteiger partial charge in [0, 0.05) is 41.3 Å². The fourth-order valence-corrected chi connectivity index (χ4v) is 3.39. The van der Waals surface area contributed by atoms with E-state index in [2.05, 4.69) is 4.90 Å². The second-order valence-electron chi connectivity index (χ2n) is 4.20. The molecule has 1 aliphatic carbocycles. The summed E-state index contributed by atoms with van der Waals surface area (Å²) in [6.45, 7) is 1.67. The Morgan fingerprint density at radius 1 is 1.21 bits per heavy atom. The van der Waals surface area contributed by atoms with E-state index >= 15 is 0 Å². The lowest BCUT2D eigenvalue weighted by Crippen LogP contribution is -2.43. The lowest BCUT2D eigenvalue weighted by atomic mass is 10.1. The van der Waals surface area contributed by atoms with Crippen molar-refractivity contribution in [2.45, 2.75) is 25.7 Å². The number of nitrogens with zero attached hydrogens (tertiary/aromatic N) is 1. The maximum Gasteiger partial charge on any atom is 0.0990 e. The highest BCUT2D eigenvalue weighted by molar-refractivity contribution is 7.85. The Hall–Kier alpha value is -0.380. The predicted molar refractivity (Wildman–Crippen MR) is 59.1 cm³/mol. The van der Waals surface area contributed by atoms with Gasteiger partial charge in [0.25, 0.3) is 0 Å². The predicted octanol–water partition coefficient (Wildman–Crippen LogP) is 1.22. The Labute approximate surface area is 87.8 Å². The number of amidine groups is 1. The summed E-state index contributed by atoms with van der Waals surface area (Å²) in [5, 5.41) is 8.07. The number of nitrogens with one attached hydrogen (secondary N) is 1. The van der Waals surface area contributed by atoms with E-state index in [0.29, 0.717) is 5.92 Å². The van der Waals surface area contributed by atoms with E-state index in [1.807, 2.05) is 0 Å². The van der Waals surface area contributed by atoms with E-state index in [4.69, 9.17) is 5.41 Å². The van der Waals surface area contributed by atoms with Crippen LogP contribution in [-0.4, -0.2) is 39.5 Å². The minimum atomic E-state index is -0.617. The average Bonchev–Trinajstić information content (AvgIpc) is 2.71. The van der Waals surface area contributed by atoms with E-state index < -0.39 is 10.8 Å². The van der Waals surface area contributed by atoms with Crippen molar-refractivity contribution in [3.63, 3.8) is 0 Å². The van der Waals surface area contributed by atoms with Crippen LogP contribution in [0.25, 0.3) is 0 Å². The fraction of sp³-hybridized carbons (Fsp3) is 0.900. The quantitative estimate of drug-likeness (QED) is 0.527. The smallest absolute Gasteiger partial charge is 0.0990 e. The van der Waals surface area contributed by atoms with Crippen LogP contribution in [0.3, 0.4) is 0 Å². The molecule has 3 nitrogen and oxygen atoms in total. The summed E-state index contributed by atoms with van der Waals surface area (Å²) < 4.78 is 11.2. The van der Waals surface area contributed by atoms with Crippen molar-refractivity contribution in [2.24, 2.45) is 5.92 Å². The van der Waals surface area contributed by atoms with Gasteiger partial charge in [-0.05, 0) is 12.8 Å². The molecule has 0 aromatic carbocycles. The van der Waals surface area contributed by atoms with Crippen LogP contribution < -0.4 is 0 Å². The molecule has 0 spiro atoms. The Balaban J connectivity index is 1.88. The van der Waals surface area contributed by atoms with Crippen LogP contribution in [-0.2, 0) is 10.8 Å². The minimum Gasteiger partial charge on any atom is -0.358 e. The van der Waals surface area contributed by atoms with Crippen molar-refractivity contribution in [1.82, 2.24) is 4.90 Å². The van der Waals surface area contributed by atoms with Crippen molar-refractivity contribution in [3.8, 4) is 0 Å². The summed E-state index contributed by atoms with van der Waals surface area (Å²) in [5.41, 5.74) is 0. The molecule has 0 atom stereocenters. The molecule has 80 valence electrons. The van der Waals surface area contributed by atoms with E-state index in [1.54, 1.807) is 0 Å². The summed E-state index contributed by atoms with van der Waals surface area (Å²) >= 11 is 0. The minimum absolute atomic E-state index is 0.501. The molecule has 0 aromatic heterocycles. The molecule has 4 heteroatoms. The van der Waals surface area contributed by atoms with Crippen molar-refractivity contribution < 1.29 is 4.21 Å². The maximum atomic E-state index is 11.2. The standard InChI is InChI=1S/C10H18N2OS/c11-10(9-3-1-2-4-9)12-5-7-14(13)8-6-12/h9,11H,1-8H2. The van der Waals surface area contributed by atoms with E-state index in [0.717, 1.165) is 30.4 Å². The first-order valence-electron chi connectivity index (χ1n) is 5.46. The van der Waals surface area contributed by atoms with Crippen molar-refractivity contribution in [3.05, 3.63) is 0 Å². The first-order chi connectivity index (χ1) is 6.77. The molecule has 0 radical (unpaired) electrons. The van der Waals surface area contributed by atoms with Gasteiger partial charge in [-0.1, -0.05) is 12.8 Å². The first kappa shape index (κ1) is 10.1. The largest absolute Gasteiger partial charge is 0.358 e. The first-order valence-corrected chi connectivity index (χ1v) is 6.94. The van der Waals surface area contributed by atoms with Crippen molar-refractivity contribution in [2.75, 3.05) is 24.6 Å². The molecule has 2 fully saturated rings.